The van der Waals surface area contributed by atoms with Crippen molar-refractivity contribution >= 4 is 37.8 Å². The Hall–Kier alpha value is -1.27. The lowest BCUT2D eigenvalue weighted by Crippen LogP contribution is -2.23. The second-order valence-corrected chi connectivity index (χ2v) is 5.37. The van der Waals surface area contributed by atoms with E-state index in [9.17, 15) is 4.79 Å². The highest BCUT2D eigenvalue weighted by Gasteiger charge is 2.07. The van der Waals surface area contributed by atoms with Gasteiger partial charge in [-0.1, -0.05) is 31.9 Å². The van der Waals surface area contributed by atoms with Crippen LogP contribution in [0.25, 0.3) is 0 Å². The van der Waals surface area contributed by atoms with Gasteiger partial charge in [0, 0.05) is 20.7 Å². The van der Waals surface area contributed by atoms with Crippen molar-refractivity contribution in [1.82, 2.24) is 15.3 Å². The molecule has 0 bridgehead atoms. The highest BCUT2D eigenvalue weighted by Crippen LogP contribution is 2.20. The van der Waals surface area contributed by atoms with E-state index in [0.717, 1.165) is 14.6 Å². The summed E-state index contributed by atoms with van der Waals surface area (Å²) >= 11 is 6.69. The van der Waals surface area contributed by atoms with Crippen LogP contribution in [-0.4, -0.2) is 15.9 Å². The molecule has 4 nitrogen and oxygen atoms in total. The van der Waals surface area contributed by atoms with E-state index in [1.165, 1.54) is 6.33 Å². The van der Waals surface area contributed by atoms with E-state index in [2.05, 4.69) is 47.1 Å². The van der Waals surface area contributed by atoms with Crippen molar-refractivity contribution in [1.29, 1.82) is 0 Å². The van der Waals surface area contributed by atoms with Gasteiger partial charge in [-0.2, -0.15) is 0 Å². The Kier molecular flexibility index (Phi) is 4.43. The summed E-state index contributed by atoms with van der Waals surface area (Å²) in [6, 6.07) is 7.17. The Morgan fingerprint density at radius 1 is 1.22 bits per heavy atom. The molecule has 0 unspecified atom stereocenters. The standard InChI is InChI=1S/C12H9Br2N3O/c13-9-3-8(4-10(14)5-9)12(18)16-6-11-1-2-15-7-17-11/h1-5,7H,6H2,(H,16,18). The molecule has 1 heterocycles. The Morgan fingerprint density at radius 2 is 1.94 bits per heavy atom. The number of carbonyl (C=O) groups excluding carboxylic acids is 1. The van der Waals surface area contributed by atoms with Gasteiger partial charge >= 0.3 is 0 Å². The van der Waals surface area contributed by atoms with Crippen LogP contribution in [0, 0.1) is 0 Å². The summed E-state index contributed by atoms with van der Waals surface area (Å²) in [6.45, 7) is 0.380. The SMILES string of the molecule is O=C(NCc1ccncn1)c1cc(Br)cc(Br)c1. The number of aromatic nitrogens is 2. The molecular formula is C12H9Br2N3O. The van der Waals surface area contributed by atoms with Crippen molar-refractivity contribution in [3.63, 3.8) is 0 Å². The number of carbonyl (C=O) groups is 1. The first-order chi connectivity index (χ1) is 8.65. The van der Waals surface area contributed by atoms with Crippen molar-refractivity contribution in [3.8, 4) is 0 Å². The first-order valence-corrected chi connectivity index (χ1v) is 6.73. The van der Waals surface area contributed by atoms with Crippen molar-refractivity contribution < 1.29 is 4.79 Å². The molecule has 1 N–H and O–H groups in total. The number of amides is 1. The summed E-state index contributed by atoms with van der Waals surface area (Å²) < 4.78 is 1.70. The lowest BCUT2D eigenvalue weighted by Gasteiger charge is -2.05. The molecule has 1 amide bonds. The number of hydrogen-bond donors (Lipinski definition) is 1. The Labute approximate surface area is 121 Å². The lowest BCUT2D eigenvalue weighted by atomic mass is 10.2. The third kappa shape index (κ3) is 3.61. The van der Waals surface area contributed by atoms with Crippen LogP contribution in [0.4, 0.5) is 0 Å². The molecule has 0 aliphatic carbocycles. The monoisotopic (exact) mass is 369 g/mol. The van der Waals surface area contributed by atoms with Crippen LogP contribution in [0.5, 0.6) is 0 Å². The second-order valence-electron chi connectivity index (χ2n) is 3.54. The molecule has 0 radical (unpaired) electrons. The number of nitrogens with zero attached hydrogens (tertiary/aromatic N) is 2. The normalized spacial score (nSPS) is 10.1. The molecule has 1 aromatic carbocycles. The molecule has 92 valence electrons. The van der Waals surface area contributed by atoms with Gasteiger partial charge in [-0.15, -0.1) is 0 Å². The number of benzene rings is 1. The van der Waals surface area contributed by atoms with E-state index in [4.69, 9.17) is 0 Å². The fourth-order valence-electron chi connectivity index (χ4n) is 1.38. The molecule has 0 atom stereocenters. The molecule has 1 aromatic heterocycles. The molecule has 6 heteroatoms. The van der Waals surface area contributed by atoms with E-state index in [0.29, 0.717) is 12.1 Å². The fraction of sp³-hybridized carbons (Fsp3) is 0.0833. The van der Waals surface area contributed by atoms with E-state index in [1.807, 2.05) is 6.07 Å². The highest BCUT2D eigenvalue weighted by atomic mass is 79.9. The van der Waals surface area contributed by atoms with Crippen molar-refractivity contribution in [2.45, 2.75) is 6.54 Å². The number of halogens is 2. The molecule has 2 aromatic rings. The summed E-state index contributed by atoms with van der Waals surface area (Å²) in [4.78, 5) is 19.8. The van der Waals surface area contributed by atoms with Crippen LogP contribution < -0.4 is 5.32 Å². The molecule has 0 aliphatic rings. The van der Waals surface area contributed by atoms with Crippen molar-refractivity contribution in [2.75, 3.05) is 0 Å². The summed E-state index contributed by atoms with van der Waals surface area (Å²) in [7, 11) is 0. The molecule has 0 fully saturated rings. The molecule has 0 aliphatic heterocycles. The summed E-state index contributed by atoms with van der Waals surface area (Å²) in [6.07, 6.45) is 3.10. The van der Waals surface area contributed by atoms with E-state index < -0.39 is 0 Å². The van der Waals surface area contributed by atoms with Gasteiger partial charge in [-0.25, -0.2) is 9.97 Å². The number of nitrogens with one attached hydrogen (secondary N) is 1. The van der Waals surface area contributed by atoms with Gasteiger partial charge in [-0.3, -0.25) is 4.79 Å². The van der Waals surface area contributed by atoms with Gasteiger partial charge in [0.05, 0.1) is 12.2 Å². The molecular weight excluding hydrogens is 362 g/mol. The van der Waals surface area contributed by atoms with Crippen LogP contribution in [0.1, 0.15) is 16.1 Å². The number of hydrogen-bond acceptors (Lipinski definition) is 3. The quantitative estimate of drug-likeness (QED) is 0.903. The lowest BCUT2D eigenvalue weighted by molar-refractivity contribution is 0.0950. The predicted molar refractivity (Wildman–Crippen MR) is 75.0 cm³/mol. The average molecular weight is 371 g/mol. The zero-order chi connectivity index (χ0) is 13.0. The largest absolute Gasteiger partial charge is 0.346 e. The zero-order valence-corrected chi connectivity index (χ0v) is 12.4. The third-order valence-corrected chi connectivity index (χ3v) is 3.11. The zero-order valence-electron chi connectivity index (χ0n) is 9.23. The first kappa shape index (κ1) is 13.2. The average Bonchev–Trinajstić information content (AvgIpc) is 2.36. The van der Waals surface area contributed by atoms with Gasteiger partial charge in [0.25, 0.3) is 5.91 Å². The maximum Gasteiger partial charge on any atom is 0.251 e. The van der Waals surface area contributed by atoms with Crippen LogP contribution >= 0.6 is 31.9 Å². The minimum Gasteiger partial charge on any atom is -0.346 e. The minimum absolute atomic E-state index is 0.143. The van der Waals surface area contributed by atoms with Crippen LogP contribution in [0.15, 0.2) is 45.7 Å². The molecule has 18 heavy (non-hydrogen) atoms. The van der Waals surface area contributed by atoms with Gasteiger partial charge in [0.15, 0.2) is 0 Å². The van der Waals surface area contributed by atoms with E-state index in [-0.39, 0.29) is 5.91 Å². The summed E-state index contributed by atoms with van der Waals surface area (Å²) in [5.41, 5.74) is 1.36. The van der Waals surface area contributed by atoms with Crippen molar-refractivity contribution in [3.05, 3.63) is 57.0 Å². The minimum atomic E-state index is -0.143. The number of rotatable bonds is 3. The summed E-state index contributed by atoms with van der Waals surface area (Å²) in [5, 5.41) is 2.80. The van der Waals surface area contributed by atoms with Gasteiger partial charge < -0.3 is 5.32 Å². The van der Waals surface area contributed by atoms with Crippen LogP contribution in [0.3, 0.4) is 0 Å². The smallest absolute Gasteiger partial charge is 0.251 e. The third-order valence-electron chi connectivity index (χ3n) is 2.20. The Balaban J connectivity index is 2.04. The second kappa shape index (κ2) is 6.06. The molecule has 0 spiro atoms. The highest BCUT2D eigenvalue weighted by molar-refractivity contribution is 9.11. The molecule has 2 rings (SSSR count). The van der Waals surface area contributed by atoms with Crippen molar-refractivity contribution in [2.24, 2.45) is 0 Å². The van der Waals surface area contributed by atoms with E-state index >= 15 is 0 Å². The maximum atomic E-state index is 11.9. The summed E-state index contributed by atoms with van der Waals surface area (Å²) in [5.74, 6) is -0.143. The van der Waals surface area contributed by atoms with Gasteiger partial charge in [0.2, 0.25) is 0 Å². The Morgan fingerprint density at radius 3 is 2.56 bits per heavy atom. The first-order valence-electron chi connectivity index (χ1n) is 5.14. The van der Waals surface area contributed by atoms with Gasteiger partial charge in [0.1, 0.15) is 6.33 Å². The predicted octanol–water partition coefficient (Wildman–Crippen LogP) is 2.93. The maximum absolute atomic E-state index is 11.9. The molecule has 0 saturated heterocycles. The van der Waals surface area contributed by atoms with Crippen LogP contribution in [-0.2, 0) is 6.54 Å². The topological polar surface area (TPSA) is 54.9 Å². The fourth-order valence-corrected chi connectivity index (χ4v) is 2.67. The Bertz CT molecular complexity index is 540. The van der Waals surface area contributed by atoms with E-state index in [1.54, 1.807) is 24.4 Å². The molecule has 0 saturated carbocycles. The van der Waals surface area contributed by atoms with Gasteiger partial charge in [-0.05, 0) is 24.3 Å². The van der Waals surface area contributed by atoms with Crippen LogP contribution in [0.2, 0.25) is 0 Å².